The molecule has 1 aliphatic carbocycles. The van der Waals surface area contributed by atoms with Crippen LogP contribution in [-0.4, -0.2) is 14.5 Å². The van der Waals surface area contributed by atoms with Gasteiger partial charge in [0, 0.05) is 0 Å². The summed E-state index contributed by atoms with van der Waals surface area (Å²) in [5.41, 5.74) is 13.7. The third-order valence-electron chi connectivity index (χ3n) is 10.8. The van der Waals surface area contributed by atoms with Crippen molar-refractivity contribution < 1.29 is 0 Å². The van der Waals surface area contributed by atoms with Crippen LogP contribution in [0.25, 0.3) is 63.4 Å². The summed E-state index contributed by atoms with van der Waals surface area (Å²) in [5, 5.41) is 5.50. The van der Waals surface area contributed by atoms with Gasteiger partial charge in [0.05, 0.1) is 0 Å². The van der Waals surface area contributed by atoms with Crippen LogP contribution in [0.2, 0.25) is 0 Å². The van der Waals surface area contributed by atoms with E-state index in [0.717, 1.165) is 17.1 Å². The minimum absolute atomic E-state index is 0.0869. The second-order valence-corrected chi connectivity index (χ2v) is 16.4. The molecular formula is C49H35NSe. The maximum atomic E-state index is 2.44. The van der Waals surface area contributed by atoms with Gasteiger partial charge in [-0.2, -0.15) is 0 Å². The number of hydrogen-bond acceptors (Lipinski definition) is 1. The van der Waals surface area contributed by atoms with Crippen LogP contribution < -0.4 is 4.90 Å². The Kier molecular flexibility index (Phi) is 6.93. The molecule has 0 spiro atoms. The first-order chi connectivity index (χ1) is 25.0. The van der Waals surface area contributed by atoms with Crippen LogP contribution in [0.5, 0.6) is 0 Å². The summed E-state index contributed by atoms with van der Waals surface area (Å²) in [7, 11) is 0. The third-order valence-corrected chi connectivity index (χ3v) is 13.4. The van der Waals surface area contributed by atoms with Gasteiger partial charge in [-0.3, -0.25) is 0 Å². The van der Waals surface area contributed by atoms with E-state index in [1.807, 2.05) is 0 Å². The van der Waals surface area contributed by atoms with Crippen LogP contribution in [0.4, 0.5) is 17.1 Å². The molecule has 0 N–H and O–H groups in total. The van der Waals surface area contributed by atoms with Gasteiger partial charge in [0.2, 0.25) is 0 Å². The molecule has 0 bridgehead atoms. The Morgan fingerprint density at radius 2 is 1.04 bits per heavy atom. The Morgan fingerprint density at radius 1 is 0.412 bits per heavy atom. The minimum atomic E-state index is -0.0869. The zero-order valence-electron chi connectivity index (χ0n) is 28.6. The fraction of sp³-hybridized carbons (Fsp3) is 0.0612. The molecule has 2 heteroatoms. The predicted molar refractivity (Wildman–Crippen MR) is 219 cm³/mol. The zero-order valence-corrected chi connectivity index (χ0v) is 30.3. The van der Waals surface area contributed by atoms with Gasteiger partial charge < -0.3 is 0 Å². The quantitative estimate of drug-likeness (QED) is 0.160. The van der Waals surface area contributed by atoms with E-state index in [1.165, 1.54) is 74.6 Å². The fourth-order valence-electron chi connectivity index (χ4n) is 8.24. The molecular weight excluding hydrogens is 682 g/mol. The number of benzene rings is 8. The van der Waals surface area contributed by atoms with Crippen LogP contribution >= 0.6 is 0 Å². The molecule has 0 fully saturated rings. The molecule has 51 heavy (non-hydrogen) atoms. The molecule has 0 saturated heterocycles. The summed E-state index contributed by atoms with van der Waals surface area (Å²) in [4.78, 5) is 2.44. The summed E-state index contributed by atoms with van der Waals surface area (Å²) >= 11 is 0.262. The van der Waals surface area contributed by atoms with Crippen LogP contribution in [0.3, 0.4) is 0 Å². The van der Waals surface area contributed by atoms with Crippen LogP contribution in [0.15, 0.2) is 176 Å². The van der Waals surface area contributed by atoms with Crippen molar-refractivity contribution >= 4 is 61.6 Å². The van der Waals surface area contributed by atoms with Crippen molar-refractivity contribution in [1.82, 2.24) is 0 Å². The predicted octanol–water partition coefficient (Wildman–Crippen LogP) is 13.3. The van der Waals surface area contributed by atoms with Gasteiger partial charge in [-0.1, -0.05) is 42.5 Å². The molecule has 0 unspecified atom stereocenters. The Morgan fingerprint density at radius 3 is 1.86 bits per heavy atom. The van der Waals surface area contributed by atoms with Gasteiger partial charge in [0.25, 0.3) is 0 Å². The molecule has 9 aromatic rings. The molecule has 1 nitrogen and oxygen atoms in total. The van der Waals surface area contributed by atoms with Crippen molar-refractivity contribution in [2.24, 2.45) is 0 Å². The monoisotopic (exact) mass is 717 g/mol. The first-order valence-electron chi connectivity index (χ1n) is 17.7. The zero-order chi connectivity index (χ0) is 34.1. The molecule has 0 saturated carbocycles. The van der Waals surface area contributed by atoms with Crippen molar-refractivity contribution in [2.75, 3.05) is 4.90 Å². The maximum absolute atomic E-state index is 2.44. The van der Waals surface area contributed by atoms with E-state index in [2.05, 4.69) is 195 Å². The Balaban J connectivity index is 1.12. The van der Waals surface area contributed by atoms with E-state index in [-0.39, 0.29) is 19.9 Å². The van der Waals surface area contributed by atoms with E-state index in [1.54, 1.807) is 0 Å². The first kappa shape index (κ1) is 30.2. The molecule has 1 heterocycles. The Labute approximate surface area is 304 Å². The van der Waals surface area contributed by atoms with Crippen molar-refractivity contribution in [3.8, 4) is 33.4 Å². The SMILES string of the molecule is CC1(C)c2ccccc2-c2ccc(N(c3cccc(-c4ccccc4)c3)c3cccc(-c4ccc5c(c4)[se]c4c6ccccc6ccc54)c3)cc21. The van der Waals surface area contributed by atoms with Gasteiger partial charge in [0.1, 0.15) is 0 Å². The van der Waals surface area contributed by atoms with E-state index in [4.69, 9.17) is 0 Å². The number of hydrogen-bond donors (Lipinski definition) is 0. The average molecular weight is 717 g/mol. The molecule has 1 aliphatic rings. The average Bonchev–Trinajstić information content (AvgIpc) is 3.67. The third kappa shape index (κ3) is 4.90. The number of fused-ring (bicyclic) bond motifs is 8. The van der Waals surface area contributed by atoms with E-state index < -0.39 is 0 Å². The second kappa shape index (κ2) is 11.7. The van der Waals surface area contributed by atoms with Crippen LogP contribution in [-0.2, 0) is 5.41 Å². The van der Waals surface area contributed by atoms with Crippen molar-refractivity contribution in [3.63, 3.8) is 0 Å². The van der Waals surface area contributed by atoms with E-state index in [9.17, 15) is 0 Å². The normalized spacial score (nSPS) is 13.1. The molecule has 0 aliphatic heterocycles. The summed E-state index contributed by atoms with van der Waals surface area (Å²) in [5.74, 6) is 0. The molecule has 10 rings (SSSR count). The fourth-order valence-corrected chi connectivity index (χ4v) is 10.9. The summed E-state index contributed by atoms with van der Waals surface area (Å²) in [6.45, 7) is 4.72. The molecule has 8 aromatic carbocycles. The van der Waals surface area contributed by atoms with Crippen LogP contribution in [0, 0.1) is 0 Å². The summed E-state index contributed by atoms with van der Waals surface area (Å²) < 4.78 is 2.97. The van der Waals surface area contributed by atoms with E-state index >= 15 is 0 Å². The second-order valence-electron chi connectivity index (χ2n) is 14.2. The standard InChI is InChI=1S/C49H35NSe/c1-49(2)45-21-9-8-20-41(45)42-27-24-39(31-46(42)49)50(37-17-10-15-34(28-37)32-12-4-3-5-13-32)38-18-11-16-35(29-38)36-23-25-43-44-26-22-33-14-6-7-19-40(33)48(44)51-47(43)30-36/h3-31H,1-2H3. The van der Waals surface area contributed by atoms with Gasteiger partial charge in [-0.15, -0.1) is 0 Å². The summed E-state index contributed by atoms with van der Waals surface area (Å²) in [6.07, 6.45) is 0. The summed E-state index contributed by atoms with van der Waals surface area (Å²) in [6, 6.07) is 65.2. The van der Waals surface area contributed by atoms with Crippen LogP contribution in [0.1, 0.15) is 25.0 Å². The molecule has 242 valence electrons. The number of rotatable bonds is 5. The van der Waals surface area contributed by atoms with Gasteiger partial charge in [-0.05, 0) is 0 Å². The van der Waals surface area contributed by atoms with E-state index in [0.29, 0.717) is 0 Å². The first-order valence-corrected chi connectivity index (χ1v) is 19.4. The topological polar surface area (TPSA) is 3.24 Å². The molecule has 0 amide bonds. The van der Waals surface area contributed by atoms with Gasteiger partial charge in [-0.25, -0.2) is 0 Å². The Hall–Kier alpha value is -5.66. The van der Waals surface area contributed by atoms with Crippen molar-refractivity contribution in [2.45, 2.75) is 19.3 Å². The van der Waals surface area contributed by atoms with Gasteiger partial charge in [0.15, 0.2) is 0 Å². The molecule has 1 aromatic heterocycles. The number of nitrogens with zero attached hydrogens (tertiary/aromatic N) is 1. The van der Waals surface area contributed by atoms with Crippen molar-refractivity contribution in [1.29, 1.82) is 0 Å². The molecule has 0 radical (unpaired) electrons. The van der Waals surface area contributed by atoms with Crippen molar-refractivity contribution in [3.05, 3.63) is 187 Å². The number of anilines is 3. The molecule has 0 atom stereocenters. The Bertz CT molecular complexity index is 2790. The van der Waals surface area contributed by atoms with Gasteiger partial charge >= 0.3 is 264 Å².